The average Bonchev–Trinajstić information content (AvgIpc) is 3.26. The van der Waals surface area contributed by atoms with Crippen LogP contribution in [0, 0.1) is 17.6 Å². The van der Waals surface area contributed by atoms with Crippen LogP contribution in [-0.2, 0) is 12.1 Å². The lowest BCUT2D eigenvalue weighted by atomic mass is 9.71. The summed E-state index contributed by atoms with van der Waals surface area (Å²) in [4.78, 5) is 21.7. The van der Waals surface area contributed by atoms with Gasteiger partial charge in [0.05, 0.1) is 35.8 Å². The van der Waals surface area contributed by atoms with E-state index >= 15 is 0 Å². The molecule has 0 aliphatic heterocycles. The van der Waals surface area contributed by atoms with E-state index in [0.29, 0.717) is 24.4 Å². The van der Waals surface area contributed by atoms with Gasteiger partial charge in [-0.2, -0.15) is 5.10 Å². The van der Waals surface area contributed by atoms with Crippen molar-refractivity contribution in [3.63, 3.8) is 0 Å². The number of amides is 1. The number of aliphatic hydroxyl groups is 1. The van der Waals surface area contributed by atoms with Crippen LogP contribution in [0.5, 0.6) is 0 Å². The van der Waals surface area contributed by atoms with Crippen molar-refractivity contribution < 1.29 is 18.7 Å². The number of halogens is 2. The van der Waals surface area contributed by atoms with Gasteiger partial charge in [0.25, 0.3) is 5.91 Å². The summed E-state index contributed by atoms with van der Waals surface area (Å²) < 4.78 is 30.8. The molecule has 3 atom stereocenters. The molecule has 6 N–H and O–H groups in total. The van der Waals surface area contributed by atoms with Gasteiger partial charge in [0.15, 0.2) is 5.65 Å². The second-order valence-corrected chi connectivity index (χ2v) is 9.77. The molecular weight excluding hydrogens is 480 g/mol. The number of anilines is 1. The zero-order valence-corrected chi connectivity index (χ0v) is 20.2. The van der Waals surface area contributed by atoms with Crippen molar-refractivity contribution >= 4 is 17.2 Å². The minimum absolute atomic E-state index is 0.0108. The summed E-state index contributed by atoms with van der Waals surface area (Å²) in [5, 5.41) is 16.2. The van der Waals surface area contributed by atoms with Gasteiger partial charge in [-0.05, 0) is 60.6 Å². The number of nitrogens with two attached hydrogens (primary N) is 2. The number of nitrogens with zero attached hydrogens (tertiary/aromatic N) is 4. The Morgan fingerprint density at radius 2 is 2.00 bits per heavy atom. The van der Waals surface area contributed by atoms with E-state index in [1.54, 1.807) is 12.3 Å². The molecule has 0 saturated heterocycles. The Morgan fingerprint density at radius 1 is 1.24 bits per heavy atom. The quantitative estimate of drug-likeness (QED) is 0.325. The lowest BCUT2D eigenvalue weighted by Gasteiger charge is -2.41. The van der Waals surface area contributed by atoms with Crippen LogP contribution in [0.3, 0.4) is 0 Å². The first-order chi connectivity index (χ1) is 17.7. The van der Waals surface area contributed by atoms with Crippen LogP contribution in [0.25, 0.3) is 16.8 Å². The van der Waals surface area contributed by atoms with Crippen LogP contribution in [-0.4, -0.2) is 36.6 Å². The predicted molar refractivity (Wildman–Crippen MR) is 133 cm³/mol. The van der Waals surface area contributed by atoms with Gasteiger partial charge in [0.2, 0.25) is 0 Å². The molecule has 1 amide bonds. The summed E-state index contributed by atoms with van der Waals surface area (Å²) >= 11 is 0. The van der Waals surface area contributed by atoms with E-state index in [4.69, 9.17) is 11.5 Å². The molecule has 5 rings (SSSR count). The maximum absolute atomic E-state index is 14.7. The van der Waals surface area contributed by atoms with Crippen LogP contribution in [0.1, 0.15) is 47.8 Å². The smallest absolute Gasteiger partial charge is 0.274 e. The van der Waals surface area contributed by atoms with Gasteiger partial charge in [0, 0.05) is 24.0 Å². The number of benzene rings is 1. The SMILES string of the molecule is C[C@H]1C[C@H](N)C[C@@](N)(c2ccncc2NC(=O)c2ccn3ncc(-c4c(F)cc(CO)cc4F)c3n2)C1. The maximum Gasteiger partial charge on any atom is 0.274 e. The third-order valence-electron chi connectivity index (χ3n) is 6.81. The maximum atomic E-state index is 14.7. The molecule has 37 heavy (non-hydrogen) atoms. The Kier molecular flexibility index (Phi) is 6.44. The Hall–Kier alpha value is -3.80. The molecular formula is C26H27F2N7O2. The summed E-state index contributed by atoms with van der Waals surface area (Å²) in [5.41, 5.74) is 13.4. The first-order valence-corrected chi connectivity index (χ1v) is 11.9. The molecule has 0 spiro atoms. The molecule has 1 aliphatic carbocycles. The van der Waals surface area contributed by atoms with E-state index < -0.39 is 29.7 Å². The highest BCUT2D eigenvalue weighted by molar-refractivity contribution is 6.03. The van der Waals surface area contributed by atoms with E-state index in [9.17, 15) is 18.7 Å². The van der Waals surface area contributed by atoms with E-state index in [1.165, 1.54) is 29.2 Å². The molecule has 3 aromatic heterocycles. The molecule has 1 fully saturated rings. The van der Waals surface area contributed by atoms with Crippen molar-refractivity contribution in [3.8, 4) is 11.1 Å². The van der Waals surface area contributed by atoms with E-state index in [2.05, 4.69) is 27.3 Å². The summed E-state index contributed by atoms with van der Waals surface area (Å²) in [6.07, 6.45) is 8.07. The second-order valence-electron chi connectivity index (χ2n) is 9.77. The van der Waals surface area contributed by atoms with Gasteiger partial charge in [-0.3, -0.25) is 9.78 Å². The van der Waals surface area contributed by atoms with Crippen molar-refractivity contribution in [2.75, 3.05) is 5.32 Å². The molecule has 4 aromatic rings. The van der Waals surface area contributed by atoms with Crippen molar-refractivity contribution in [2.24, 2.45) is 17.4 Å². The third kappa shape index (κ3) is 4.68. The normalized spacial score (nSPS) is 21.8. The first-order valence-electron chi connectivity index (χ1n) is 11.9. The minimum atomic E-state index is -0.872. The zero-order valence-electron chi connectivity index (χ0n) is 20.2. The van der Waals surface area contributed by atoms with E-state index in [0.717, 1.165) is 24.1 Å². The molecule has 1 aromatic carbocycles. The van der Waals surface area contributed by atoms with Gasteiger partial charge in [-0.15, -0.1) is 0 Å². The standard InChI is InChI=1S/C26H27F2N7O2/c1-14-6-16(29)10-26(30,9-14)18-2-4-31-12-22(18)34-25(37)21-3-5-35-24(33-21)17(11-32-35)23-19(27)7-15(13-36)8-20(23)28/h2-5,7-8,11-12,14,16,36H,6,9-10,13,29-30H2,1H3,(H,34,37)/t14-,16-,26+/m0/s1. The number of fused-ring (bicyclic) bond motifs is 1. The van der Waals surface area contributed by atoms with E-state index in [1.807, 2.05) is 0 Å². The molecule has 0 bridgehead atoms. The monoisotopic (exact) mass is 507 g/mol. The number of nitrogens with one attached hydrogen (secondary N) is 1. The van der Waals surface area contributed by atoms with Crippen molar-refractivity contribution in [1.29, 1.82) is 0 Å². The fourth-order valence-corrected chi connectivity index (χ4v) is 5.34. The number of hydrogen-bond donors (Lipinski definition) is 4. The van der Waals surface area contributed by atoms with Crippen LogP contribution >= 0.6 is 0 Å². The van der Waals surface area contributed by atoms with Gasteiger partial charge in [0.1, 0.15) is 17.3 Å². The summed E-state index contributed by atoms with van der Waals surface area (Å²) in [5.74, 6) is -1.97. The number of rotatable bonds is 5. The predicted octanol–water partition coefficient (Wildman–Crippen LogP) is 3.12. The summed E-state index contributed by atoms with van der Waals surface area (Å²) in [7, 11) is 0. The Labute approximate surface area is 211 Å². The molecule has 0 radical (unpaired) electrons. The molecule has 9 nitrogen and oxygen atoms in total. The Balaban J connectivity index is 1.49. The van der Waals surface area contributed by atoms with Gasteiger partial charge in [-0.1, -0.05) is 6.92 Å². The molecule has 11 heteroatoms. The zero-order chi connectivity index (χ0) is 26.3. The Morgan fingerprint density at radius 3 is 2.70 bits per heavy atom. The lowest BCUT2D eigenvalue weighted by molar-refractivity contribution is 0.102. The highest BCUT2D eigenvalue weighted by atomic mass is 19.1. The fraction of sp³-hybridized carbons (Fsp3) is 0.308. The molecule has 1 saturated carbocycles. The van der Waals surface area contributed by atoms with Gasteiger partial charge >= 0.3 is 0 Å². The topological polar surface area (TPSA) is 144 Å². The van der Waals surface area contributed by atoms with Crippen LogP contribution in [0.15, 0.2) is 49.1 Å². The van der Waals surface area contributed by atoms with Crippen LogP contribution in [0.2, 0.25) is 0 Å². The van der Waals surface area contributed by atoms with E-state index in [-0.39, 0.29) is 34.1 Å². The minimum Gasteiger partial charge on any atom is -0.392 e. The number of pyridine rings is 1. The number of aromatic nitrogens is 4. The third-order valence-corrected chi connectivity index (χ3v) is 6.81. The number of carbonyl (C=O) groups is 1. The lowest BCUT2D eigenvalue weighted by Crippen LogP contribution is -2.48. The molecule has 3 heterocycles. The number of hydrogen-bond acceptors (Lipinski definition) is 7. The van der Waals surface area contributed by atoms with Crippen molar-refractivity contribution in [1.82, 2.24) is 19.6 Å². The second kappa shape index (κ2) is 9.58. The summed E-state index contributed by atoms with van der Waals surface area (Å²) in [6.45, 7) is 1.60. The highest BCUT2D eigenvalue weighted by Crippen LogP contribution is 2.40. The molecule has 192 valence electrons. The van der Waals surface area contributed by atoms with Crippen LogP contribution < -0.4 is 16.8 Å². The number of carbonyl (C=O) groups excluding carboxylic acids is 1. The highest BCUT2D eigenvalue weighted by Gasteiger charge is 2.38. The largest absolute Gasteiger partial charge is 0.392 e. The van der Waals surface area contributed by atoms with Crippen LogP contribution in [0.4, 0.5) is 14.5 Å². The average molecular weight is 508 g/mol. The molecule has 0 unspecified atom stereocenters. The van der Waals surface area contributed by atoms with Crippen molar-refractivity contribution in [3.05, 3.63) is 77.5 Å². The fourth-order valence-electron chi connectivity index (χ4n) is 5.34. The van der Waals surface area contributed by atoms with Gasteiger partial charge < -0.3 is 21.9 Å². The first kappa shape index (κ1) is 24.9. The molecule has 1 aliphatic rings. The number of aliphatic hydroxyl groups excluding tert-OH is 1. The summed E-state index contributed by atoms with van der Waals surface area (Å²) in [6, 6.07) is 5.27. The Bertz CT molecular complexity index is 1460. The van der Waals surface area contributed by atoms with Crippen molar-refractivity contribution in [2.45, 2.75) is 44.4 Å². The van der Waals surface area contributed by atoms with Gasteiger partial charge in [-0.25, -0.2) is 18.3 Å².